The molecule has 1 heterocycles. The second-order valence-electron chi connectivity index (χ2n) is 5.94. The third kappa shape index (κ3) is 4.45. The summed E-state index contributed by atoms with van der Waals surface area (Å²) in [4.78, 5) is 39.5. The third-order valence-electron chi connectivity index (χ3n) is 3.70. The molecule has 0 bridgehead atoms. The van der Waals surface area contributed by atoms with E-state index in [1.165, 1.54) is 0 Å². The monoisotopic (exact) mass is 319 g/mol. The fraction of sp³-hybridized carbons (Fsp3) is 0.438. The summed E-state index contributed by atoms with van der Waals surface area (Å²) in [6, 6.07) is 4.74. The summed E-state index contributed by atoms with van der Waals surface area (Å²) < 4.78 is 0. The number of aryl methyl sites for hydroxylation is 1. The summed E-state index contributed by atoms with van der Waals surface area (Å²) in [5.74, 6) is -1.44. The number of H-pyrrole nitrogens is 2. The Hall–Kier alpha value is -2.57. The number of aromatic amines is 2. The van der Waals surface area contributed by atoms with Crippen molar-refractivity contribution in [2.75, 3.05) is 0 Å². The number of amides is 1. The second-order valence-corrected chi connectivity index (χ2v) is 5.94. The molecule has 0 saturated heterocycles. The van der Waals surface area contributed by atoms with Crippen LogP contribution in [0, 0.1) is 5.92 Å². The topological polar surface area (TPSA) is 115 Å². The molecule has 2 rings (SSSR count). The molecule has 0 saturated carbocycles. The van der Waals surface area contributed by atoms with E-state index < -0.39 is 12.0 Å². The quantitative estimate of drug-likeness (QED) is 0.617. The maximum absolute atomic E-state index is 11.8. The van der Waals surface area contributed by atoms with Crippen LogP contribution in [-0.4, -0.2) is 33.0 Å². The smallest absolute Gasteiger partial charge is 0.326 e. The molecular weight excluding hydrogens is 298 g/mol. The standard InChI is InChI=1S/C16H21N3O4/c1-9(2)14(15(21)22)19-13(20)5-3-4-10-6-7-11-12(8-10)18-16(23)17-11/h6-9,14H,3-5H2,1-2H3,(H,19,20)(H,21,22)(H2,17,18,23)/t14-/m0/s1. The van der Waals surface area contributed by atoms with Crippen LogP contribution >= 0.6 is 0 Å². The van der Waals surface area contributed by atoms with Gasteiger partial charge in [-0.05, 0) is 36.5 Å². The molecule has 1 amide bonds. The van der Waals surface area contributed by atoms with E-state index in [-0.39, 0.29) is 23.9 Å². The van der Waals surface area contributed by atoms with Gasteiger partial charge < -0.3 is 20.4 Å². The predicted octanol–water partition coefficient (Wildman–Crippen LogP) is 1.40. The Morgan fingerprint density at radius 1 is 1.22 bits per heavy atom. The molecule has 0 radical (unpaired) electrons. The van der Waals surface area contributed by atoms with E-state index >= 15 is 0 Å². The molecule has 0 aliphatic heterocycles. The highest BCUT2D eigenvalue weighted by atomic mass is 16.4. The van der Waals surface area contributed by atoms with Crippen molar-refractivity contribution in [2.45, 2.75) is 39.2 Å². The lowest BCUT2D eigenvalue weighted by molar-refractivity contribution is -0.143. The first-order valence-electron chi connectivity index (χ1n) is 7.60. The Morgan fingerprint density at radius 2 is 1.91 bits per heavy atom. The number of carbonyl (C=O) groups excluding carboxylic acids is 1. The number of carboxylic acids is 1. The van der Waals surface area contributed by atoms with Crippen molar-refractivity contribution in [3.05, 3.63) is 34.2 Å². The number of aromatic nitrogens is 2. The largest absolute Gasteiger partial charge is 0.480 e. The van der Waals surface area contributed by atoms with Crippen LogP contribution in [0.4, 0.5) is 0 Å². The molecule has 2 aromatic rings. The summed E-state index contributed by atoms with van der Waals surface area (Å²) in [7, 11) is 0. The average Bonchev–Trinajstić information content (AvgIpc) is 2.83. The van der Waals surface area contributed by atoms with E-state index in [9.17, 15) is 14.4 Å². The van der Waals surface area contributed by atoms with Crippen molar-refractivity contribution in [2.24, 2.45) is 5.92 Å². The van der Waals surface area contributed by atoms with Crippen molar-refractivity contribution in [3.8, 4) is 0 Å². The van der Waals surface area contributed by atoms with Gasteiger partial charge in [0.1, 0.15) is 6.04 Å². The molecule has 0 spiro atoms. The number of aliphatic carboxylic acids is 1. The highest BCUT2D eigenvalue weighted by Crippen LogP contribution is 2.12. The van der Waals surface area contributed by atoms with E-state index in [1.807, 2.05) is 18.2 Å². The van der Waals surface area contributed by atoms with Crippen LogP contribution in [0.1, 0.15) is 32.3 Å². The third-order valence-corrected chi connectivity index (χ3v) is 3.70. The van der Waals surface area contributed by atoms with Crippen molar-refractivity contribution >= 4 is 22.9 Å². The van der Waals surface area contributed by atoms with Gasteiger partial charge in [0.05, 0.1) is 11.0 Å². The van der Waals surface area contributed by atoms with Gasteiger partial charge in [0.2, 0.25) is 5.91 Å². The van der Waals surface area contributed by atoms with Crippen LogP contribution in [0.15, 0.2) is 23.0 Å². The zero-order chi connectivity index (χ0) is 17.0. The molecule has 1 aromatic carbocycles. The fourth-order valence-electron chi connectivity index (χ4n) is 2.45. The molecular formula is C16H21N3O4. The highest BCUT2D eigenvalue weighted by Gasteiger charge is 2.22. The molecule has 4 N–H and O–H groups in total. The molecule has 0 fully saturated rings. The number of carboxylic acid groups (broad SMARTS) is 1. The van der Waals surface area contributed by atoms with E-state index in [1.54, 1.807) is 13.8 Å². The van der Waals surface area contributed by atoms with Gasteiger partial charge in [0.15, 0.2) is 0 Å². The van der Waals surface area contributed by atoms with E-state index in [2.05, 4.69) is 15.3 Å². The van der Waals surface area contributed by atoms with Gasteiger partial charge in [-0.3, -0.25) is 4.79 Å². The molecule has 1 aromatic heterocycles. The Labute approximate surface area is 133 Å². The Bertz CT molecular complexity index is 760. The van der Waals surface area contributed by atoms with Gasteiger partial charge >= 0.3 is 11.7 Å². The number of imidazole rings is 1. The SMILES string of the molecule is CC(C)[C@H](NC(=O)CCCc1ccc2[nH]c(=O)[nH]c2c1)C(=O)O. The number of benzene rings is 1. The fourth-order valence-corrected chi connectivity index (χ4v) is 2.45. The number of fused-ring (bicyclic) bond motifs is 1. The first-order chi connectivity index (χ1) is 10.9. The molecule has 0 aliphatic carbocycles. The first kappa shape index (κ1) is 16.8. The Morgan fingerprint density at radius 3 is 2.57 bits per heavy atom. The molecule has 7 nitrogen and oxygen atoms in total. The van der Waals surface area contributed by atoms with Gasteiger partial charge in [-0.25, -0.2) is 9.59 Å². The molecule has 1 atom stereocenters. The Balaban J connectivity index is 1.86. The molecule has 0 aliphatic rings. The van der Waals surface area contributed by atoms with Crippen LogP contribution in [0.2, 0.25) is 0 Å². The predicted molar refractivity (Wildman–Crippen MR) is 86.3 cm³/mol. The average molecular weight is 319 g/mol. The Kier molecular flexibility index (Phi) is 5.20. The minimum Gasteiger partial charge on any atom is -0.480 e. The number of rotatable bonds is 7. The summed E-state index contributed by atoms with van der Waals surface area (Å²) >= 11 is 0. The van der Waals surface area contributed by atoms with E-state index in [0.717, 1.165) is 16.6 Å². The highest BCUT2D eigenvalue weighted by molar-refractivity contribution is 5.83. The second kappa shape index (κ2) is 7.13. The van der Waals surface area contributed by atoms with Gasteiger partial charge in [-0.15, -0.1) is 0 Å². The maximum atomic E-state index is 11.8. The van der Waals surface area contributed by atoms with Gasteiger partial charge in [-0.2, -0.15) is 0 Å². The van der Waals surface area contributed by atoms with Crippen LogP contribution in [-0.2, 0) is 16.0 Å². The van der Waals surface area contributed by atoms with Gasteiger partial charge in [-0.1, -0.05) is 19.9 Å². The lowest BCUT2D eigenvalue weighted by Crippen LogP contribution is -2.44. The molecule has 7 heteroatoms. The normalized spacial score (nSPS) is 12.5. The van der Waals surface area contributed by atoms with Crippen molar-refractivity contribution in [1.82, 2.24) is 15.3 Å². The van der Waals surface area contributed by atoms with Gasteiger partial charge in [0, 0.05) is 6.42 Å². The minimum atomic E-state index is -1.02. The van der Waals surface area contributed by atoms with Crippen LogP contribution in [0.25, 0.3) is 11.0 Å². The summed E-state index contributed by atoms with van der Waals surface area (Å²) in [5, 5.41) is 11.6. The van der Waals surface area contributed by atoms with Crippen molar-refractivity contribution < 1.29 is 14.7 Å². The number of carbonyl (C=O) groups is 2. The summed E-state index contributed by atoms with van der Waals surface area (Å²) in [5.41, 5.74) is 2.25. The molecule has 23 heavy (non-hydrogen) atoms. The molecule has 0 unspecified atom stereocenters. The lowest BCUT2D eigenvalue weighted by atomic mass is 10.0. The minimum absolute atomic E-state index is 0.163. The van der Waals surface area contributed by atoms with Gasteiger partial charge in [0.25, 0.3) is 0 Å². The number of nitrogens with one attached hydrogen (secondary N) is 3. The first-order valence-corrected chi connectivity index (χ1v) is 7.60. The van der Waals surface area contributed by atoms with Crippen molar-refractivity contribution in [3.63, 3.8) is 0 Å². The van der Waals surface area contributed by atoms with Crippen molar-refractivity contribution in [1.29, 1.82) is 0 Å². The zero-order valence-corrected chi connectivity index (χ0v) is 13.2. The van der Waals surface area contributed by atoms with Crippen LogP contribution in [0.3, 0.4) is 0 Å². The number of hydrogen-bond acceptors (Lipinski definition) is 3. The maximum Gasteiger partial charge on any atom is 0.326 e. The summed E-state index contributed by atoms with van der Waals surface area (Å²) in [6.07, 6.45) is 1.55. The zero-order valence-electron chi connectivity index (χ0n) is 13.2. The van der Waals surface area contributed by atoms with E-state index in [4.69, 9.17) is 5.11 Å². The number of hydrogen-bond donors (Lipinski definition) is 4. The van der Waals surface area contributed by atoms with Crippen LogP contribution < -0.4 is 11.0 Å². The van der Waals surface area contributed by atoms with Crippen LogP contribution in [0.5, 0.6) is 0 Å². The lowest BCUT2D eigenvalue weighted by Gasteiger charge is -2.17. The van der Waals surface area contributed by atoms with E-state index in [0.29, 0.717) is 12.8 Å². The molecule has 124 valence electrons. The summed E-state index contributed by atoms with van der Waals surface area (Å²) in [6.45, 7) is 3.51.